The van der Waals surface area contributed by atoms with Crippen LogP contribution in [0.1, 0.15) is 33.6 Å². The molecule has 0 aromatic heterocycles. The molecule has 2 aliphatic carbocycles. The van der Waals surface area contributed by atoms with E-state index in [1.807, 2.05) is 0 Å². The molecule has 2 rings (SSSR count). The second-order valence-electron chi connectivity index (χ2n) is 5.52. The van der Waals surface area contributed by atoms with E-state index >= 15 is 0 Å². The Bertz CT molecular complexity index is 226. The van der Waals surface area contributed by atoms with Crippen LogP contribution in [0.4, 0.5) is 0 Å². The summed E-state index contributed by atoms with van der Waals surface area (Å²) in [4.78, 5) is 0. The number of methoxy groups -OCH3 is 1. The Morgan fingerprint density at radius 1 is 1.31 bits per heavy atom. The zero-order valence-corrected chi connectivity index (χ0v) is 9.13. The molecule has 0 spiro atoms. The van der Waals surface area contributed by atoms with E-state index in [1.54, 1.807) is 7.11 Å². The number of ether oxygens (including phenoxy) is 1. The Kier molecular flexibility index (Phi) is 1.81. The fourth-order valence-electron chi connectivity index (χ4n) is 3.80. The van der Waals surface area contributed by atoms with Gasteiger partial charge in [-0.2, -0.15) is 0 Å². The second-order valence-corrected chi connectivity index (χ2v) is 5.52. The van der Waals surface area contributed by atoms with Gasteiger partial charge in [-0.25, -0.2) is 0 Å². The summed E-state index contributed by atoms with van der Waals surface area (Å²) in [5.41, 5.74) is 6.86. The highest BCUT2D eigenvalue weighted by Crippen LogP contribution is 2.65. The first-order chi connectivity index (χ1) is 5.95. The molecule has 2 aliphatic rings. The van der Waals surface area contributed by atoms with Crippen molar-refractivity contribution in [3.63, 3.8) is 0 Å². The van der Waals surface area contributed by atoms with Crippen molar-refractivity contribution in [2.75, 3.05) is 7.11 Å². The SMILES string of the molecule is CO[C@@H]1[C@H](N)[C@H]2CC[C@]1(C)C2(C)C. The average molecular weight is 183 g/mol. The van der Waals surface area contributed by atoms with Crippen molar-refractivity contribution in [3.05, 3.63) is 0 Å². The van der Waals surface area contributed by atoms with Crippen molar-refractivity contribution in [1.82, 2.24) is 0 Å². The lowest BCUT2D eigenvalue weighted by Gasteiger charge is -2.38. The molecular weight excluding hydrogens is 162 g/mol. The van der Waals surface area contributed by atoms with Gasteiger partial charge in [0.2, 0.25) is 0 Å². The van der Waals surface area contributed by atoms with E-state index in [0.717, 1.165) is 0 Å². The van der Waals surface area contributed by atoms with E-state index in [4.69, 9.17) is 10.5 Å². The van der Waals surface area contributed by atoms with Crippen LogP contribution in [-0.2, 0) is 4.74 Å². The maximum absolute atomic E-state index is 6.21. The van der Waals surface area contributed by atoms with Crippen LogP contribution in [0.2, 0.25) is 0 Å². The number of hydrogen-bond acceptors (Lipinski definition) is 2. The van der Waals surface area contributed by atoms with Crippen LogP contribution in [0.3, 0.4) is 0 Å². The summed E-state index contributed by atoms with van der Waals surface area (Å²) in [6.45, 7) is 7.04. The van der Waals surface area contributed by atoms with Crippen molar-refractivity contribution >= 4 is 0 Å². The second kappa shape index (κ2) is 2.48. The van der Waals surface area contributed by atoms with E-state index in [1.165, 1.54) is 12.8 Å². The highest BCUT2D eigenvalue weighted by molar-refractivity contribution is 5.16. The lowest BCUT2D eigenvalue weighted by Crippen LogP contribution is -2.45. The Hall–Kier alpha value is -0.0800. The first-order valence-corrected chi connectivity index (χ1v) is 5.23. The molecule has 0 aliphatic heterocycles. The molecule has 2 saturated carbocycles. The van der Waals surface area contributed by atoms with Crippen molar-refractivity contribution in [2.24, 2.45) is 22.5 Å². The van der Waals surface area contributed by atoms with Crippen molar-refractivity contribution in [3.8, 4) is 0 Å². The van der Waals surface area contributed by atoms with Gasteiger partial charge in [-0.15, -0.1) is 0 Å². The summed E-state index contributed by atoms with van der Waals surface area (Å²) in [5, 5.41) is 0. The maximum Gasteiger partial charge on any atom is 0.0783 e. The lowest BCUT2D eigenvalue weighted by atomic mass is 9.70. The van der Waals surface area contributed by atoms with Gasteiger partial charge in [0.05, 0.1) is 6.10 Å². The summed E-state index contributed by atoms with van der Waals surface area (Å²) >= 11 is 0. The molecule has 13 heavy (non-hydrogen) atoms. The Balaban J connectivity index is 2.40. The van der Waals surface area contributed by atoms with Crippen molar-refractivity contribution in [1.29, 1.82) is 0 Å². The van der Waals surface area contributed by atoms with Crippen molar-refractivity contribution < 1.29 is 4.74 Å². The van der Waals surface area contributed by atoms with Gasteiger partial charge < -0.3 is 10.5 Å². The van der Waals surface area contributed by atoms with Crippen LogP contribution >= 0.6 is 0 Å². The van der Waals surface area contributed by atoms with Crippen LogP contribution in [0.15, 0.2) is 0 Å². The fourth-order valence-corrected chi connectivity index (χ4v) is 3.80. The normalized spacial score (nSPS) is 52.8. The zero-order chi connectivity index (χ0) is 9.85. The van der Waals surface area contributed by atoms with E-state index in [0.29, 0.717) is 16.7 Å². The van der Waals surface area contributed by atoms with Gasteiger partial charge in [-0.3, -0.25) is 0 Å². The lowest BCUT2D eigenvalue weighted by molar-refractivity contribution is -0.0269. The average Bonchev–Trinajstić information content (AvgIpc) is 2.32. The molecule has 0 unspecified atom stereocenters. The predicted octanol–water partition coefficient (Wildman–Crippen LogP) is 1.78. The molecular formula is C11H21NO. The molecule has 0 heterocycles. The molecule has 0 amide bonds. The first-order valence-electron chi connectivity index (χ1n) is 5.23. The van der Waals surface area contributed by atoms with Crippen LogP contribution in [0.25, 0.3) is 0 Å². The van der Waals surface area contributed by atoms with Gasteiger partial charge >= 0.3 is 0 Å². The third-order valence-electron chi connectivity index (χ3n) is 5.07. The highest BCUT2D eigenvalue weighted by Gasteiger charge is 2.65. The molecule has 4 atom stereocenters. The van der Waals surface area contributed by atoms with Gasteiger partial charge in [0.1, 0.15) is 0 Å². The van der Waals surface area contributed by atoms with Crippen LogP contribution in [0, 0.1) is 16.7 Å². The maximum atomic E-state index is 6.21. The van der Waals surface area contributed by atoms with Gasteiger partial charge in [0, 0.05) is 18.6 Å². The van der Waals surface area contributed by atoms with Gasteiger partial charge in [-0.05, 0) is 24.2 Å². The molecule has 2 N–H and O–H groups in total. The summed E-state index contributed by atoms with van der Waals surface area (Å²) in [6, 6.07) is 0.249. The Morgan fingerprint density at radius 2 is 1.92 bits per heavy atom. The topological polar surface area (TPSA) is 35.2 Å². The van der Waals surface area contributed by atoms with Gasteiger partial charge in [-0.1, -0.05) is 20.8 Å². The minimum Gasteiger partial charge on any atom is -0.379 e. The fraction of sp³-hybridized carbons (Fsp3) is 1.00. The molecule has 76 valence electrons. The highest BCUT2D eigenvalue weighted by atomic mass is 16.5. The Labute approximate surface area is 80.8 Å². The molecule has 2 fully saturated rings. The largest absolute Gasteiger partial charge is 0.379 e. The number of nitrogens with two attached hydrogens (primary N) is 1. The molecule has 2 heteroatoms. The zero-order valence-electron chi connectivity index (χ0n) is 9.13. The predicted molar refractivity (Wildman–Crippen MR) is 53.4 cm³/mol. The summed E-state index contributed by atoms with van der Waals surface area (Å²) < 4.78 is 5.57. The van der Waals surface area contributed by atoms with E-state index < -0.39 is 0 Å². The third-order valence-corrected chi connectivity index (χ3v) is 5.07. The van der Waals surface area contributed by atoms with E-state index in [-0.39, 0.29) is 12.1 Å². The van der Waals surface area contributed by atoms with Crippen LogP contribution in [0.5, 0.6) is 0 Å². The minimum atomic E-state index is 0.249. The van der Waals surface area contributed by atoms with Gasteiger partial charge in [0.15, 0.2) is 0 Å². The third kappa shape index (κ3) is 0.861. The number of fused-ring (bicyclic) bond motifs is 2. The van der Waals surface area contributed by atoms with E-state index in [9.17, 15) is 0 Å². The van der Waals surface area contributed by atoms with Gasteiger partial charge in [0.25, 0.3) is 0 Å². The molecule has 0 saturated heterocycles. The van der Waals surface area contributed by atoms with Crippen LogP contribution in [-0.4, -0.2) is 19.3 Å². The summed E-state index contributed by atoms with van der Waals surface area (Å²) in [5.74, 6) is 0.655. The number of hydrogen-bond donors (Lipinski definition) is 1. The summed E-state index contributed by atoms with van der Waals surface area (Å²) in [6.07, 6.45) is 2.82. The minimum absolute atomic E-state index is 0.249. The first kappa shape index (κ1) is 9.47. The molecule has 0 aromatic rings. The Morgan fingerprint density at radius 3 is 2.23 bits per heavy atom. The molecule has 2 nitrogen and oxygen atoms in total. The van der Waals surface area contributed by atoms with E-state index in [2.05, 4.69) is 20.8 Å². The molecule has 2 bridgehead atoms. The standard InChI is InChI=1S/C11H21NO/c1-10(2)7-5-6-11(10,3)9(13-4)8(7)12/h7-9H,5-6,12H2,1-4H3/t7-,8-,9-,11+/m1/s1. The monoisotopic (exact) mass is 183 g/mol. The molecule has 0 radical (unpaired) electrons. The quantitative estimate of drug-likeness (QED) is 0.672. The molecule has 0 aromatic carbocycles. The smallest absolute Gasteiger partial charge is 0.0783 e. The van der Waals surface area contributed by atoms with Crippen LogP contribution < -0.4 is 5.73 Å². The number of rotatable bonds is 1. The van der Waals surface area contributed by atoms with Crippen molar-refractivity contribution in [2.45, 2.75) is 45.8 Å². The summed E-state index contributed by atoms with van der Waals surface area (Å²) in [7, 11) is 1.80.